The van der Waals surface area contributed by atoms with Crippen molar-refractivity contribution < 1.29 is 9.59 Å². The Kier molecular flexibility index (Phi) is 4.74. The van der Waals surface area contributed by atoms with Gasteiger partial charge in [0.1, 0.15) is 11.6 Å². The highest BCUT2D eigenvalue weighted by atomic mass is 16.2. The first-order valence-corrected chi connectivity index (χ1v) is 10.2. The van der Waals surface area contributed by atoms with Gasteiger partial charge < -0.3 is 14.8 Å². The first-order valence-electron chi connectivity index (χ1n) is 10.2. The van der Waals surface area contributed by atoms with E-state index in [0.717, 1.165) is 25.9 Å². The topological polar surface area (TPSA) is 97.3 Å². The highest BCUT2D eigenvalue weighted by Crippen LogP contribution is 2.41. The Bertz CT molecular complexity index is 911. The van der Waals surface area contributed by atoms with E-state index in [0.29, 0.717) is 36.7 Å². The number of nitrogens with zero attached hydrogens (tertiary/aromatic N) is 3. The number of piperidine rings is 1. The van der Waals surface area contributed by atoms with Crippen LogP contribution in [0.1, 0.15) is 60.1 Å². The number of pyridine rings is 1. The Hall–Kier alpha value is -2.62. The molecular weight excluding hydrogens is 356 g/mol. The number of amides is 2. The molecule has 2 aliphatic heterocycles. The van der Waals surface area contributed by atoms with Crippen molar-refractivity contribution in [1.29, 1.82) is 5.26 Å². The van der Waals surface area contributed by atoms with Crippen LogP contribution in [-0.2, 0) is 4.79 Å². The smallest absolute Gasteiger partial charge is 0.266 e. The van der Waals surface area contributed by atoms with Gasteiger partial charge in [0.25, 0.3) is 11.5 Å². The number of hydrogen-bond donors (Lipinski definition) is 1. The summed E-state index contributed by atoms with van der Waals surface area (Å²) in [6, 6.07) is 3.20. The second kappa shape index (κ2) is 7.08. The van der Waals surface area contributed by atoms with Gasteiger partial charge in [-0.25, -0.2) is 0 Å². The molecule has 1 atom stereocenters. The summed E-state index contributed by atoms with van der Waals surface area (Å²) in [5, 5.41) is 9.10. The van der Waals surface area contributed by atoms with Crippen molar-refractivity contribution >= 4 is 11.8 Å². The van der Waals surface area contributed by atoms with E-state index in [1.165, 1.54) is 25.3 Å². The molecule has 4 rings (SSSR count). The Labute approximate surface area is 164 Å². The van der Waals surface area contributed by atoms with Gasteiger partial charge in [-0.3, -0.25) is 14.4 Å². The molecule has 28 heavy (non-hydrogen) atoms. The van der Waals surface area contributed by atoms with Crippen LogP contribution in [0.2, 0.25) is 0 Å². The minimum absolute atomic E-state index is 0.0664. The number of nitriles is 1. The van der Waals surface area contributed by atoms with Crippen molar-refractivity contribution in [3.8, 4) is 6.07 Å². The van der Waals surface area contributed by atoms with Gasteiger partial charge in [-0.2, -0.15) is 5.26 Å². The third kappa shape index (κ3) is 3.11. The van der Waals surface area contributed by atoms with Crippen LogP contribution in [0.3, 0.4) is 0 Å². The number of nitrogens with one attached hydrogen (secondary N) is 1. The molecule has 1 aliphatic carbocycles. The minimum Gasteiger partial charge on any atom is -0.342 e. The highest BCUT2D eigenvalue weighted by molar-refractivity contribution is 5.96. The first-order chi connectivity index (χ1) is 13.4. The van der Waals surface area contributed by atoms with Crippen molar-refractivity contribution in [2.75, 3.05) is 26.2 Å². The molecule has 0 unspecified atom stereocenters. The molecule has 1 spiro atoms. The fraction of sp³-hybridized carbons (Fsp3) is 0.619. The van der Waals surface area contributed by atoms with Crippen LogP contribution in [0.15, 0.2) is 10.9 Å². The zero-order valence-corrected chi connectivity index (χ0v) is 16.3. The van der Waals surface area contributed by atoms with E-state index >= 15 is 0 Å². The Morgan fingerprint density at radius 2 is 2.07 bits per heavy atom. The van der Waals surface area contributed by atoms with E-state index in [2.05, 4.69) is 4.98 Å². The molecule has 148 valence electrons. The average Bonchev–Trinajstić information content (AvgIpc) is 3.06. The average molecular weight is 382 g/mol. The molecule has 0 bridgehead atoms. The maximum absolute atomic E-state index is 13.2. The van der Waals surface area contributed by atoms with Crippen LogP contribution >= 0.6 is 0 Å². The minimum atomic E-state index is -0.483. The van der Waals surface area contributed by atoms with Crippen molar-refractivity contribution in [2.45, 2.75) is 45.4 Å². The van der Waals surface area contributed by atoms with E-state index < -0.39 is 11.0 Å². The number of hydrogen-bond acceptors (Lipinski definition) is 4. The molecule has 3 aliphatic rings. The third-order valence-electron chi connectivity index (χ3n) is 6.76. The number of H-pyrrole nitrogens is 1. The monoisotopic (exact) mass is 382 g/mol. The van der Waals surface area contributed by atoms with Gasteiger partial charge >= 0.3 is 0 Å². The molecule has 2 amide bonds. The summed E-state index contributed by atoms with van der Waals surface area (Å²) in [5.74, 6) is 0.634. The van der Waals surface area contributed by atoms with Crippen LogP contribution < -0.4 is 5.56 Å². The largest absolute Gasteiger partial charge is 0.342 e. The summed E-state index contributed by atoms with van der Waals surface area (Å²) in [6.45, 7) is 4.30. The highest BCUT2D eigenvalue weighted by Gasteiger charge is 2.49. The molecule has 0 radical (unpaired) electrons. The van der Waals surface area contributed by atoms with Gasteiger partial charge in [0.2, 0.25) is 5.91 Å². The van der Waals surface area contributed by atoms with Gasteiger partial charge in [0.05, 0.1) is 11.0 Å². The third-order valence-corrected chi connectivity index (χ3v) is 6.76. The number of carbonyl (C=O) groups excluding carboxylic acids is 2. The number of likely N-dealkylation sites (tertiary alicyclic amines) is 2. The molecule has 7 heteroatoms. The first kappa shape index (κ1) is 18.7. The lowest BCUT2D eigenvalue weighted by atomic mass is 9.77. The van der Waals surface area contributed by atoms with Gasteiger partial charge in [0.15, 0.2) is 0 Å². The van der Waals surface area contributed by atoms with E-state index in [1.807, 2.05) is 11.0 Å². The number of carbonyl (C=O) groups is 2. The van der Waals surface area contributed by atoms with Crippen LogP contribution in [0.25, 0.3) is 0 Å². The van der Waals surface area contributed by atoms with Crippen molar-refractivity contribution in [1.82, 2.24) is 14.8 Å². The molecule has 7 nitrogen and oxygen atoms in total. The molecule has 2 saturated heterocycles. The zero-order valence-electron chi connectivity index (χ0n) is 16.3. The fourth-order valence-corrected chi connectivity index (χ4v) is 4.84. The van der Waals surface area contributed by atoms with Crippen molar-refractivity contribution in [3.05, 3.63) is 33.2 Å². The van der Waals surface area contributed by atoms with Gasteiger partial charge in [0, 0.05) is 31.9 Å². The molecule has 1 aromatic heterocycles. The predicted molar refractivity (Wildman–Crippen MR) is 103 cm³/mol. The van der Waals surface area contributed by atoms with Gasteiger partial charge in [-0.15, -0.1) is 0 Å². The molecular formula is C21H26N4O3. The summed E-state index contributed by atoms with van der Waals surface area (Å²) in [6.07, 6.45) is 6.19. The number of aromatic amines is 1. The van der Waals surface area contributed by atoms with Crippen LogP contribution in [0.4, 0.5) is 0 Å². The van der Waals surface area contributed by atoms with E-state index in [1.54, 1.807) is 11.8 Å². The molecule has 1 saturated carbocycles. The van der Waals surface area contributed by atoms with Crippen molar-refractivity contribution in [3.63, 3.8) is 0 Å². The number of aryl methyl sites for hydroxylation is 1. The van der Waals surface area contributed by atoms with Gasteiger partial charge in [-0.05, 0) is 51.0 Å². The number of rotatable bonds is 3. The van der Waals surface area contributed by atoms with Gasteiger partial charge in [-0.1, -0.05) is 6.42 Å². The maximum atomic E-state index is 13.2. The second-order valence-electron chi connectivity index (χ2n) is 8.57. The predicted octanol–water partition coefficient (Wildman–Crippen LogP) is 1.81. The van der Waals surface area contributed by atoms with Crippen LogP contribution in [-0.4, -0.2) is 52.8 Å². The number of aromatic nitrogens is 1. The fourth-order valence-electron chi connectivity index (χ4n) is 4.84. The molecule has 3 fully saturated rings. The molecule has 1 aromatic rings. The summed E-state index contributed by atoms with van der Waals surface area (Å²) in [4.78, 5) is 44.4. The van der Waals surface area contributed by atoms with E-state index in [9.17, 15) is 14.4 Å². The van der Waals surface area contributed by atoms with Crippen LogP contribution in [0, 0.1) is 29.6 Å². The quantitative estimate of drug-likeness (QED) is 0.862. The summed E-state index contributed by atoms with van der Waals surface area (Å²) < 4.78 is 0. The Morgan fingerprint density at radius 1 is 1.29 bits per heavy atom. The summed E-state index contributed by atoms with van der Waals surface area (Å²) >= 11 is 0. The standard InChI is InChI=1S/C21H26N4O3/c1-14-17(10-16(11-22)18(26)23-14)19(27)25-9-7-21(13-25)6-3-8-24(20(21)28)12-15-4-2-5-15/h10,15H,2-9,12-13H2,1H3,(H,23,26)/t21-/m1/s1. The lowest BCUT2D eigenvalue weighted by Crippen LogP contribution is -2.52. The SMILES string of the molecule is Cc1[nH]c(=O)c(C#N)cc1C(=O)N1CC[C@]2(CCCN(CC3CCC3)C2=O)C1. The Balaban J connectivity index is 1.51. The molecule has 1 N–H and O–H groups in total. The zero-order chi connectivity index (χ0) is 19.9. The molecule has 3 heterocycles. The Morgan fingerprint density at radius 3 is 2.75 bits per heavy atom. The van der Waals surface area contributed by atoms with Crippen molar-refractivity contribution in [2.24, 2.45) is 11.3 Å². The lowest BCUT2D eigenvalue weighted by Gasteiger charge is -2.42. The normalized spacial score (nSPS) is 25.1. The second-order valence-corrected chi connectivity index (χ2v) is 8.57. The van der Waals surface area contributed by atoms with E-state index in [4.69, 9.17) is 5.26 Å². The summed E-state index contributed by atoms with van der Waals surface area (Å²) in [5.41, 5.74) is -0.225. The van der Waals surface area contributed by atoms with Crippen LogP contribution in [0.5, 0.6) is 0 Å². The summed E-state index contributed by atoms with van der Waals surface area (Å²) in [7, 11) is 0. The lowest BCUT2D eigenvalue weighted by molar-refractivity contribution is -0.146. The van der Waals surface area contributed by atoms with E-state index in [-0.39, 0.29) is 17.4 Å². The molecule has 0 aromatic carbocycles. The maximum Gasteiger partial charge on any atom is 0.266 e.